The van der Waals surface area contributed by atoms with Crippen LogP contribution in [0.1, 0.15) is 5.56 Å². The molecule has 0 unspecified atom stereocenters. The fourth-order valence-electron chi connectivity index (χ4n) is 1.46. The van der Waals surface area contributed by atoms with Crippen molar-refractivity contribution in [3.8, 4) is 5.75 Å². The summed E-state index contributed by atoms with van der Waals surface area (Å²) in [7, 11) is 2.10. The van der Waals surface area contributed by atoms with Crippen molar-refractivity contribution in [3.63, 3.8) is 0 Å². The van der Waals surface area contributed by atoms with Crippen LogP contribution in [-0.2, 0) is 0 Å². The van der Waals surface area contributed by atoms with E-state index in [9.17, 15) is 0 Å². The van der Waals surface area contributed by atoms with E-state index in [4.69, 9.17) is 4.74 Å². The fourth-order valence-corrected chi connectivity index (χ4v) is 1.46. The molecule has 0 saturated carbocycles. The molecule has 1 heterocycles. The number of hydrogen-bond donors (Lipinski definition) is 0. The van der Waals surface area contributed by atoms with E-state index < -0.39 is 0 Å². The molecule has 0 saturated heterocycles. The summed E-state index contributed by atoms with van der Waals surface area (Å²) in [5, 5.41) is 0. The molecule has 2 rings (SSSR count). The van der Waals surface area contributed by atoms with Gasteiger partial charge in [-0.25, -0.2) is 0 Å². The normalized spacial score (nSPS) is 15.3. The van der Waals surface area contributed by atoms with Gasteiger partial charge in [-0.2, -0.15) is 0 Å². The molecule has 1 aliphatic heterocycles. The molecule has 0 aliphatic carbocycles. The summed E-state index contributed by atoms with van der Waals surface area (Å²) in [5.74, 6) is 1.01. The van der Waals surface area contributed by atoms with Crippen LogP contribution in [0.4, 0.5) is 5.69 Å². The summed E-state index contributed by atoms with van der Waals surface area (Å²) < 4.78 is 5.51. The Bertz CT molecular complexity index is 296. The molecule has 0 amide bonds. The van der Waals surface area contributed by atoms with E-state index in [1.54, 1.807) is 0 Å². The van der Waals surface area contributed by atoms with Crippen molar-refractivity contribution in [1.29, 1.82) is 0 Å². The first-order valence-electron chi connectivity index (χ1n) is 4.22. The van der Waals surface area contributed by atoms with Crippen LogP contribution in [0.3, 0.4) is 0 Å². The molecule has 12 heavy (non-hydrogen) atoms. The summed E-state index contributed by atoms with van der Waals surface area (Å²) in [6.07, 6.45) is 0. The highest BCUT2D eigenvalue weighted by molar-refractivity contribution is 5.60. The molecule has 1 aromatic carbocycles. The summed E-state index contributed by atoms with van der Waals surface area (Å²) in [6, 6.07) is 6.28. The first-order valence-corrected chi connectivity index (χ1v) is 4.22. The Balaban J connectivity index is 2.47. The van der Waals surface area contributed by atoms with E-state index in [0.29, 0.717) is 0 Å². The Morgan fingerprint density at radius 1 is 1.42 bits per heavy atom. The lowest BCUT2D eigenvalue weighted by molar-refractivity contribution is 0.311. The molecule has 2 nitrogen and oxygen atoms in total. The first-order chi connectivity index (χ1) is 5.77. The van der Waals surface area contributed by atoms with E-state index in [2.05, 4.69) is 31.0 Å². The quantitative estimate of drug-likeness (QED) is 0.578. The Kier molecular flexibility index (Phi) is 1.68. The highest BCUT2D eigenvalue weighted by Crippen LogP contribution is 2.30. The Morgan fingerprint density at radius 3 is 3.08 bits per heavy atom. The monoisotopic (exact) mass is 163 g/mol. The number of anilines is 1. The van der Waals surface area contributed by atoms with Gasteiger partial charge in [-0.1, -0.05) is 6.07 Å². The molecular weight excluding hydrogens is 150 g/mol. The van der Waals surface area contributed by atoms with E-state index in [1.165, 1.54) is 11.3 Å². The molecule has 0 spiro atoms. The minimum atomic E-state index is 0.798. The van der Waals surface area contributed by atoms with Crippen LogP contribution in [0.15, 0.2) is 18.2 Å². The topological polar surface area (TPSA) is 12.5 Å². The molecule has 0 N–H and O–H groups in total. The lowest BCUT2D eigenvalue weighted by Gasteiger charge is -2.27. The third kappa shape index (κ3) is 1.13. The van der Waals surface area contributed by atoms with Crippen molar-refractivity contribution in [2.24, 2.45) is 0 Å². The van der Waals surface area contributed by atoms with Gasteiger partial charge in [0.1, 0.15) is 12.4 Å². The molecule has 1 aliphatic rings. The summed E-state index contributed by atoms with van der Waals surface area (Å²) in [5.41, 5.74) is 2.49. The molecular formula is C10H13NO. The number of ether oxygens (including phenoxy) is 1. The molecule has 0 aromatic heterocycles. The maximum Gasteiger partial charge on any atom is 0.142 e. The zero-order valence-corrected chi connectivity index (χ0v) is 7.50. The predicted octanol–water partition coefficient (Wildman–Crippen LogP) is 1.82. The third-order valence-electron chi connectivity index (χ3n) is 2.21. The van der Waals surface area contributed by atoms with Gasteiger partial charge < -0.3 is 9.64 Å². The van der Waals surface area contributed by atoms with E-state index in [1.807, 2.05) is 6.07 Å². The number of aryl methyl sites for hydroxylation is 1. The third-order valence-corrected chi connectivity index (χ3v) is 2.21. The smallest absolute Gasteiger partial charge is 0.142 e. The maximum absolute atomic E-state index is 5.51. The SMILES string of the molecule is Cc1ccc2c(c1)N(C)CCO2. The minimum absolute atomic E-state index is 0.798. The van der Waals surface area contributed by atoms with Crippen LogP contribution in [-0.4, -0.2) is 20.2 Å². The first kappa shape index (κ1) is 7.47. The number of nitrogens with zero attached hydrogens (tertiary/aromatic N) is 1. The van der Waals surface area contributed by atoms with E-state index in [-0.39, 0.29) is 0 Å². The standard InChI is InChI=1S/C10H13NO/c1-8-3-4-10-9(7-8)11(2)5-6-12-10/h3-4,7H,5-6H2,1-2H3. The number of likely N-dealkylation sites (N-methyl/N-ethyl adjacent to an activating group) is 1. The number of hydrogen-bond acceptors (Lipinski definition) is 2. The second-order valence-corrected chi connectivity index (χ2v) is 3.24. The Morgan fingerprint density at radius 2 is 2.25 bits per heavy atom. The van der Waals surface area contributed by atoms with Gasteiger partial charge in [-0.05, 0) is 24.6 Å². The van der Waals surface area contributed by atoms with Crippen molar-refractivity contribution >= 4 is 5.69 Å². The van der Waals surface area contributed by atoms with Crippen LogP contribution < -0.4 is 9.64 Å². The predicted molar refractivity (Wildman–Crippen MR) is 49.9 cm³/mol. The zero-order valence-electron chi connectivity index (χ0n) is 7.50. The van der Waals surface area contributed by atoms with E-state index in [0.717, 1.165) is 18.9 Å². The highest BCUT2D eigenvalue weighted by atomic mass is 16.5. The van der Waals surface area contributed by atoms with Gasteiger partial charge >= 0.3 is 0 Å². The van der Waals surface area contributed by atoms with Gasteiger partial charge in [-0.3, -0.25) is 0 Å². The maximum atomic E-state index is 5.51. The molecule has 0 atom stereocenters. The van der Waals surface area contributed by atoms with Gasteiger partial charge in [0.2, 0.25) is 0 Å². The van der Waals surface area contributed by atoms with Crippen molar-refractivity contribution in [2.75, 3.05) is 25.1 Å². The minimum Gasteiger partial charge on any atom is -0.490 e. The van der Waals surface area contributed by atoms with Crippen molar-refractivity contribution in [3.05, 3.63) is 23.8 Å². The molecule has 1 aromatic rings. The molecule has 0 bridgehead atoms. The summed E-state index contributed by atoms with van der Waals surface area (Å²) in [6.45, 7) is 3.88. The lowest BCUT2D eigenvalue weighted by Crippen LogP contribution is -2.28. The van der Waals surface area contributed by atoms with Gasteiger partial charge in [0.15, 0.2) is 0 Å². The van der Waals surface area contributed by atoms with Crippen LogP contribution in [0.2, 0.25) is 0 Å². The Hall–Kier alpha value is -1.18. The number of rotatable bonds is 0. The van der Waals surface area contributed by atoms with Gasteiger partial charge in [0.05, 0.1) is 12.2 Å². The second kappa shape index (κ2) is 2.70. The Labute approximate surface area is 72.8 Å². The van der Waals surface area contributed by atoms with Crippen LogP contribution in [0.25, 0.3) is 0 Å². The van der Waals surface area contributed by atoms with Crippen LogP contribution in [0, 0.1) is 6.92 Å². The van der Waals surface area contributed by atoms with Crippen molar-refractivity contribution in [1.82, 2.24) is 0 Å². The average molecular weight is 163 g/mol. The number of fused-ring (bicyclic) bond motifs is 1. The van der Waals surface area contributed by atoms with Gasteiger partial charge in [0, 0.05) is 7.05 Å². The van der Waals surface area contributed by atoms with E-state index >= 15 is 0 Å². The molecule has 0 fully saturated rings. The summed E-state index contributed by atoms with van der Waals surface area (Å²) >= 11 is 0. The van der Waals surface area contributed by atoms with Crippen molar-refractivity contribution in [2.45, 2.75) is 6.92 Å². The summed E-state index contributed by atoms with van der Waals surface area (Å²) in [4.78, 5) is 2.23. The van der Waals surface area contributed by atoms with Gasteiger partial charge in [-0.15, -0.1) is 0 Å². The molecule has 2 heteroatoms. The lowest BCUT2D eigenvalue weighted by atomic mass is 10.2. The number of benzene rings is 1. The van der Waals surface area contributed by atoms with Crippen molar-refractivity contribution < 1.29 is 4.74 Å². The second-order valence-electron chi connectivity index (χ2n) is 3.24. The highest BCUT2D eigenvalue weighted by Gasteiger charge is 2.13. The average Bonchev–Trinajstić information content (AvgIpc) is 2.07. The fraction of sp³-hybridized carbons (Fsp3) is 0.400. The molecule has 0 radical (unpaired) electrons. The van der Waals surface area contributed by atoms with Gasteiger partial charge in [0.25, 0.3) is 0 Å². The largest absolute Gasteiger partial charge is 0.490 e. The van der Waals surface area contributed by atoms with Crippen LogP contribution in [0.5, 0.6) is 5.75 Å². The van der Waals surface area contributed by atoms with Crippen LogP contribution >= 0.6 is 0 Å². The molecule has 64 valence electrons. The zero-order chi connectivity index (χ0) is 8.55.